The van der Waals surface area contributed by atoms with Gasteiger partial charge in [0, 0.05) is 19.3 Å². The van der Waals surface area contributed by atoms with Gasteiger partial charge >= 0.3 is 17.9 Å². The van der Waals surface area contributed by atoms with Gasteiger partial charge in [-0.3, -0.25) is 14.4 Å². The molecule has 6 nitrogen and oxygen atoms in total. The van der Waals surface area contributed by atoms with Crippen molar-refractivity contribution in [1.82, 2.24) is 0 Å². The van der Waals surface area contributed by atoms with E-state index < -0.39 is 6.10 Å². The van der Waals surface area contributed by atoms with E-state index >= 15 is 0 Å². The van der Waals surface area contributed by atoms with Crippen molar-refractivity contribution in [2.75, 3.05) is 13.2 Å². The first-order valence-electron chi connectivity index (χ1n) is 27.8. The Bertz CT molecular complexity index is 1350. The molecule has 0 aromatic carbocycles. The maximum Gasteiger partial charge on any atom is 0.306 e. The van der Waals surface area contributed by atoms with Crippen LogP contribution in [0.4, 0.5) is 0 Å². The SMILES string of the molecule is CC/C=C/C=C/C=C/CCCCCCCC(=O)OCC(COC(=O)CCCCCCCCC/C=C/CCCCCCCCCC)OC(=O)CCC/C=C/C/C=C/C/C=C/C/C=C/CCCCC. The Morgan fingerprint density at radius 1 is 0.328 bits per heavy atom. The van der Waals surface area contributed by atoms with Gasteiger partial charge in [-0.2, -0.15) is 0 Å². The highest BCUT2D eigenvalue weighted by Gasteiger charge is 2.19. The topological polar surface area (TPSA) is 78.9 Å². The van der Waals surface area contributed by atoms with Crippen LogP contribution in [-0.2, 0) is 28.6 Å². The van der Waals surface area contributed by atoms with Crippen LogP contribution in [0, 0.1) is 0 Å². The minimum Gasteiger partial charge on any atom is -0.462 e. The van der Waals surface area contributed by atoms with Crippen LogP contribution >= 0.6 is 0 Å². The van der Waals surface area contributed by atoms with E-state index in [1.54, 1.807) is 0 Å². The zero-order chi connectivity index (χ0) is 48.6. The molecule has 1 unspecified atom stereocenters. The van der Waals surface area contributed by atoms with Gasteiger partial charge in [-0.1, -0.05) is 227 Å². The van der Waals surface area contributed by atoms with Crippen molar-refractivity contribution in [3.8, 4) is 0 Å². The molecule has 0 bridgehead atoms. The number of unbranched alkanes of at least 4 members (excludes halogenated alkanes) is 24. The van der Waals surface area contributed by atoms with E-state index in [4.69, 9.17) is 14.2 Å². The van der Waals surface area contributed by atoms with Crippen LogP contribution < -0.4 is 0 Å². The molecule has 1 atom stereocenters. The lowest BCUT2D eigenvalue weighted by Crippen LogP contribution is -2.30. The van der Waals surface area contributed by atoms with E-state index in [2.05, 4.69) is 118 Å². The van der Waals surface area contributed by atoms with Crippen LogP contribution in [0.15, 0.2) is 97.2 Å². The number of hydrogen-bond donors (Lipinski definition) is 0. The summed E-state index contributed by atoms with van der Waals surface area (Å²) in [6.45, 7) is 6.41. The molecule has 0 aromatic rings. The summed E-state index contributed by atoms with van der Waals surface area (Å²) in [6, 6.07) is 0. The molecule has 0 fully saturated rings. The zero-order valence-corrected chi connectivity index (χ0v) is 43.6. The molecule has 6 heteroatoms. The quantitative estimate of drug-likeness (QED) is 0.0199. The summed E-state index contributed by atoms with van der Waals surface area (Å²) in [7, 11) is 0. The van der Waals surface area contributed by atoms with Crippen LogP contribution in [0.1, 0.15) is 252 Å². The minimum atomic E-state index is -0.817. The second-order valence-corrected chi connectivity index (χ2v) is 18.2. The Labute approximate surface area is 413 Å². The average Bonchev–Trinajstić information content (AvgIpc) is 3.33. The second-order valence-electron chi connectivity index (χ2n) is 18.2. The van der Waals surface area contributed by atoms with Gasteiger partial charge in [0.25, 0.3) is 0 Å². The monoisotopic (exact) mass is 931 g/mol. The lowest BCUT2D eigenvalue weighted by atomic mass is 10.1. The molecule has 0 aliphatic rings. The lowest BCUT2D eigenvalue weighted by molar-refractivity contribution is -0.167. The summed E-state index contributed by atoms with van der Waals surface area (Å²) in [5, 5.41) is 0. The van der Waals surface area contributed by atoms with Crippen LogP contribution in [0.3, 0.4) is 0 Å². The van der Waals surface area contributed by atoms with E-state index in [0.29, 0.717) is 19.3 Å². The molecule has 382 valence electrons. The number of rotatable bonds is 49. The van der Waals surface area contributed by atoms with E-state index in [1.807, 2.05) is 0 Å². The largest absolute Gasteiger partial charge is 0.462 e. The summed E-state index contributed by atoms with van der Waals surface area (Å²) < 4.78 is 16.8. The van der Waals surface area contributed by atoms with Crippen LogP contribution in [0.5, 0.6) is 0 Å². The summed E-state index contributed by atoms with van der Waals surface area (Å²) in [6.07, 6.45) is 72.6. The predicted molar refractivity (Wildman–Crippen MR) is 288 cm³/mol. The highest BCUT2D eigenvalue weighted by atomic mass is 16.6. The van der Waals surface area contributed by atoms with Crippen LogP contribution in [0.2, 0.25) is 0 Å². The molecule has 67 heavy (non-hydrogen) atoms. The fourth-order valence-corrected chi connectivity index (χ4v) is 7.43. The summed E-state index contributed by atoms with van der Waals surface area (Å²) in [4.78, 5) is 38.1. The van der Waals surface area contributed by atoms with Crippen molar-refractivity contribution in [1.29, 1.82) is 0 Å². The maximum atomic E-state index is 12.8. The second kappa shape index (κ2) is 54.9. The maximum absolute atomic E-state index is 12.8. The van der Waals surface area contributed by atoms with E-state index in [0.717, 1.165) is 89.9 Å². The van der Waals surface area contributed by atoms with Gasteiger partial charge in [0.2, 0.25) is 0 Å². The lowest BCUT2D eigenvalue weighted by Gasteiger charge is -2.18. The molecule has 0 aliphatic carbocycles. The first-order chi connectivity index (χ1) is 33.0. The Morgan fingerprint density at radius 2 is 0.657 bits per heavy atom. The fourth-order valence-electron chi connectivity index (χ4n) is 7.43. The predicted octanol–water partition coefficient (Wildman–Crippen LogP) is 18.5. The Hall–Kier alpha value is -3.67. The van der Waals surface area contributed by atoms with Gasteiger partial charge in [0.05, 0.1) is 0 Å². The molecule has 0 aliphatic heterocycles. The van der Waals surface area contributed by atoms with Gasteiger partial charge in [0.1, 0.15) is 13.2 Å². The molecule has 0 aromatic heterocycles. The van der Waals surface area contributed by atoms with Crippen molar-refractivity contribution in [3.63, 3.8) is 0 Å². The van der Waals surface area contributed by atoms with Crippen LogP contribution in [-0.4, -0.2) is 37.2 Å². The average molecular weight is 931 g/mol. The zero-order valence-electron chi connectivity index (χ0n) is 43.6. The third-order valence-electron chi connectivity index (χ3n) is 11.6. The third-order valence-corrected chi connectivity index (χ3v) is 11.6. The number of allylic oxidation sites excluding steroid dienone is 16. The Balaban J connectivity index is 4.48. The highest BCUT2D eigenvalue weighted by Crippen LogP contribution is 2.14. The van der Waals surface area contributed by atoms with E-state index in [-0.39, 0.29) is 37.5 Å². The van der Waals surface area contributed by atoms with Crippen molar-refractivity contribution in [2.45, 2.75) is 258 Å². The Morgan fingerprint density at radius 3 is 1.12 bits per heavy atom. The number of carbonyl (C=O) groups excluding carboxylic acids is 3. The summed E-state index contributed by atoms with van der Waals surface area (Å²) in [5.74, 6) is -0.991. The first kappa shape index (κ1) is 63.3. The summed E-state index contributed by atoms with van der Waals surface area (Å²) >= 11 is 0. The molecule has 0 spiro atoms. The van der Waals surface area contributed by atoms with Crippen molar-refractivity contribution in [2.24, 2.45) is 0 Å². The molecule has 0 N–H and O–H groups in total. The summed E-state index contributed by atoms with van der Waals surface area (Å²) in [5.41, 5.74) is 0. The van der Waals surface area contributed by atoms with Gasteiger partial charge in [-0.15, -0.1) is 0 Å². The Kier molecular flexibility index (Phi) is 51.9. The smallest absolute Gasteiger partial charge is 0.306 e. The third kappa shape index (κ3) is 53.2. The fraction of sp³-hybridized carbons (Fsp3) is 0.689. The molecule has 0 saturated heterocycles. The number of ether oxygens (including phenoxy) is 3. The van der Waals surface area contributed by atoms with Gasteiger partial charge in [-0.05, 0) is 103 Å². The molecule has 0 rings (SSSR count). The number of hydrogen-bond acceptors (Lipinski definition) is 6. The molecule has 0 saturated carbocycles. The first-order valence-corrected chi connectivity index (χ1v) is 27.8. The number of carbonyl (C=O) groups is 3. The van der Waals surface area contributed by atoms with E-state index in [1.165, 1.54) is 116 Å². The van der Waals surface area contributed by atoms with Crippen molar-refractivity contribution in [3.05, 3.63) is 97.2 Å². The van der Waals surface area contributed by atoms with Crippen molar-refractivity contribution < 1.29 is 28.6 Å². The molecule has 0 heterocycles. The number of esters is 3. The molecule has 0 radical (unpaired) electrons. The van der Waals surface area contributed by atoms with Gasteiger partial charge in [0.15, 0.2) is 6.10 Å². The standard InChI is InChI=1S/C61H102O6/c1-4-7-10-13-16-19-22-25-27-29-30-32-33-36-39-42-45-48-51-54-60(63)66-57-58(56-65-59(62)53-50-47-44-41-38-35-24-21-18-15-12-9-6-3)67-61(64)55-52-49-46-43-40-37-34-31-28-26-23-20-17-14-11-8-5-2/h9,12,15,17-18,20-21,24,26,28-30,34,37,43,46,58H,4-8,10-11,13-14,16,19,22-23,25,27,31-33,35-36,38-42,44-45,47-57H2,1-3H3/b12-9+,18-15+,20-17+,24-21+,28-26+,30-29+,37-34+,46-43+. The van der Waals surface area contributed by atoms with E-state index in [9.17, 15) is 14.4 Å². The van der Waals surface area contributed by atoms with Crippen LogP contribution in [0.25, 0.3) is 0 Å². The van der Waals surface area contributed by atoms with Gasteiger partial charge in [-0.25, -0.2) is 0 Å². The highest BCUT2D eigenvalue weighted by molar-refractivity contribution is 5.71. The molecular weight excluding hydrogens is 829 g/mol. The normalized spacial score (nSPS) is 12.8. The van der Waals surface area contributed by atoms with Gasteiger partial charge < -0.3 is 14.2 Å². The molecular formula is C61H102O6. The minimum absolute atomic E-state index is 0.109. The molecule has 0 amide bonds. The van der Waals surface area contributed by atoms with Crippen molar-refractivity contribution >= 4 is 17.9 Å².